The zero-order valence-electron chi connectivity index (χ0n) is 12.5. The van der Waals surface area contributed by atoms with E-state index in [1.165, 1.54) is 12.1 Å². The summed E-state index contributed by atoms with van der Waals surface area (Å²) >= 11 is 0. The molecule has 1 aliphatic rings. The lowest BCUT2D eigenvalue weighted by Crippen LogP contribution is -2.10. The number of ketones is 1. The number of ether oxygens (including phenoxy) is 2. The summed E-state index contributed by atoms with van der Waals surface area (Å²) < 4.78 is 10.5. The highest BCUT2D eigenvalue weighted by Gasteiger charge is 2.29. The molecule has 6 nitrogen and oxygen atoms in total. The van der Waals surface area contributed by atoms with Crippen molar-refractivity contribution in [1.29, 1.82) is 0 Å². The second-order valence-corrected chi connectivity index (χ2v) is 5.37. The fourth-order valence-corrected chi connectivity index (χ4v) is 2.22. The lowest BCUT2D eigenvalue weighted by atomic mass is 10.0. The van der Waals surface area contributed by atoms with Gasteiger partial charge in [0.1, 0.15) is 18.3 Å². The Morgan fingerprint density at radius 2 is 2.00 bits per heavy atom. The van der Waals surface area contributed by atoms with Gasteiger partial charge in [-0.25, -0.2) is 0 Å². The van der Waals surface area contributed by atoms with Crippen molar-refractivity contribution in [2.45, 2.75) is 13.0 Å². The van der Waals surface area contributed by atoms with Gasteiger partial charge in [0.05, 0.1) is 11.5 Å². The molecule has 1 aliphatic heterocycles. The number of epoxide rings is 1. The summed E-state index contributed by atoms with van der Waals surface area (Å²) in [7, 11) is 0. The lowest BCUT2D eigenvalue weighted by Gasteiger charge is -2.08. The van der Waals surface area contributed by atoms with E-state index in [1.54, 1.807) is 30.3 Å². The van der Waals surface area contributed by atoms with Crippen LogP contribution in [0.4, 0.5) is 5.69 Å². The molecule has 0 bridgehead atoms. The minimum Gasteiger partial charge on any atom is -0.484 e. The maximum absolute atomic E-state index is 12.6. The average Bonchev–Trinajstić information content (AvgIpc) is 3.36. The number of hydrogen-bond acceptors (Lipinski definition) is 5. The van der Waals surface area contributed by atoms with Gasteiger partial charge in [0, 0.05) is 5.56 Å². The first-order chi connectivity index (χ1) is 11.1. The Labute approximate surface area is 132 Å². The summed E-state index contributed by atoms with van der Waals surface area (Å²) in [4.78, 5) is 23.5. The molecule has 0 spiro atoms. The summed E-state index contributed by atoms with van der Waals surface area (Å²) in [6.45, 7) is 2.74. The van der Waals surface area contributed by atoms with E-state index in [4.69, 9.17) is 9.47 Å². The van der Waals surface area contributed by atoms with E-state index >= 15 is 0 Å². The van der Waals surface area contributed by atoms with Gasteiger partial charge in [-0.15, -0.1) is 0 Å². The Hall–Kier alpha value is -2.73. The van der Waals surface area contributed by atoms with Crippen LogP contribution in [0.25, 0.3) is 0 Å². The molecule has 3 rings (SSSR count). The first-order valence-corrected chi connectivity index (χ1v) is 7.19. The van der Waals surface area contributed by atoms with Gasteiger partial charge in [-0.05, 0) is 19.1 Å². The predicted molar refractivity (Wildman–Crippen MR) is 82.9 cm³/mol. The van der Waals surface area contributed by atoms with Gasteiger partial charge < -0.3 is 9.47 Å². The van der Waals surface area contributed by atoms with Crippen LogP contribution in [0.15, 0.2) is 42.5 Å². The third-order valence-electron chi connectivity index (χ3n) is 3.57. The Morgan fingerprint density at radius 1 is 1.30 bits per heavy atom. The third-order valence-corrected chi connectivity index (χ3v) is 3.57. The largest absolute Gasteiger partial charge is 0.484 e. The van der Waals surface area contributed by atoms with Gasteiger partial charge >= 0.3 is 5.69 Å². The van der Waals surface area contributed by atoms with Crippen LogP contribution in [0.1, 0.15) is 21.5 Å². The van der Waals surface area contributed by atoms with E-state index in [9.17, 15) is 14.9 Å². The molecule has 0 N–H and O–H groups in total. The van der Waals surface area contributed by atoms with Crippen LogP contribution < -0.4 is 4.74 Å². The van der Waals surface area contributed by atoms with Gasteiger partial charge in [0.25, 0.3) is 0 Å². The van der Waals surface area contributed by atoms with Crippen LogP contribution in [-0.2, 0) is 4.74 Å². The SMILES string of the molecule is Cc1ccc(C(=O)c2cccc(OCC3CO3)c2[N+](=O)[O-])cc1. The van der Waals surface area contributed by atoms with Crippen molar-refractivity contribution in [2.24, 2.45) is 0 Å². The summed E-state index contributed by atoms with van der Waals surface area (Å²) in [5, 5.41) is 11.4. The minimum atomic E-state index is -0.579. The monoisotopic (exact) mass is 313 g/mol. The first kappa shape index (κ1) is 15.2. The summed E-state index contributed by atoms with van der Waals surface area (Å²) in [6, 6.07) is 11.4. The molecule has 1 atom stereocenters. The molecule has 118 valence electrons. The molecule has 1 fully saturated rings. The van der Waals surface area contributed by atoms with Gasteiger partial charge in [-0.3, -0.25) is 14.9 Å². The average molecular weight is 313 g/mol. The molecule has 0 radical (unpaired) electrons. The fourth-order valence-electron chi connectivity index (χ4n) is 2.22. The zero-order chi connectivity index (χ0) is 16.4. The minimum absolute atomic E-state index is 0.0214. The van der Waals surface area contributed by atoms with E-state index < -0.39 is 10.7 Å². The molecular weight excluding hydrogens is 298 g/mol. The number of nitro groups is 1. The van der Waals surface area contributed by atoms with Crippen LogP contribution in [0.3, 0.4) is 0 Å². The van der Waals surface area contributed by atoms with Crippen molar-refractivity contribution in [3.8, 4) is 5.75 Å². The number of nitrogens with zero attached hydrogens (tertiary/aromatic N) is 1. The maximum atomic E-state index is 12.6. The Morgan fingerprint density at radius 3 is 2.61 bits per heavy atom. The number of rotatable bonds is 6. The van der Waals surface area contributed by atoms with E-state index in [0.717, 1.165) is 5.56 Å². The first-order valence-electron chi connectivity index (χ1n) is 7.19. The van der Waals surface area contributed by atoms with Crippen molar-refractivity contribution >= 4 is 11.5 Å². The topological polar surface area (TPSA) is 82.0 Å². The fraction of sp³-hybridized carbons (Fsp3) is 0.235. The number of carbonyl (C=O) groups excluding carboxylic acids is 1. The van der Waals surface area contributed by atoms with Crippen LogP contribution in [0.2, 0.25) is 0 Å². The Balaban J connectivity index is 1.96. The van der Waals surface area contributed by atoms with E-state index in [1.807, 2.05) is 6.92 Å². The lowest BCUT2D eigenvalue weighted by molar-refractivity contribution is -0.386. The van der Waals surface area contributed by atoms with Gasteiger partial charge in [-0.1, -0.05) is 35.9 Å². The highest BCUT2D eigenvalue weighted by atomic mass is 16.6. The Bertz CT molecular complexity index is 750. The number of nitro benzene ring substituents is 1. The zero-order valence-corrected chi connectivity index (χ0v) is 12.5. The number of benzene rings is 2. The molecule has 1 saturated heterocycles. The van der Waals surface area contributed by atoms with Gasteiger partial charge in [0.2, 0.25) is 0 Å². The molecule has 23 heavy (non-hydrogen) atoms. The molecule has 1 heterocycles. The third kappa shape index (κ3) is 3.37. The number of hydrogen-bond donors (Lipinski definition) is 0. The molecule has 6 heteroatoms. The van der Waals surface area contributed by atoms with Crippen molar-refractivity contribution in [3.63, 3.8) is 0 Å². The van der Waals surface area contributed by atoms with E-state index in [-0.39, 0.29) is 29.7 Å². The summed E-state index contributed by atoms with van der Waals surface area (Å²) in [6.07, 6.45) is -0.0222. The molecular formula is C17H15NO5. The second kappa shape index (κ2) is 6.18. The smallest absolute Gasteiger partial charge is 0.322 e. The van der Waals surface area contributed by atoms with Crippen molar-refractivity contribution in [3.05, 3.63) is 69.3 Å². The van der Waals surface area contributed by atoms with E-state index in [0.29, 0.717) is 12.2 Å². The van der Waals surface area contributed by atoms with Crippen LogP contribution in [0.5, 0.6) is 5.75 Å². The van der Waals surface area contributed by atoms with Gasteiger partial charge in [-0.2, -0.15) is 0 Å². The molecule has 0 aromatic heterocycles. The predicted octanol–water partition coefficient (Wildman–Crippen LogP) is 2.91. The van der Waals surface area contributed by atoms with Crippen LogP contribution in [-0.4, -0.2) is 30.0 Å². The molecule has 0 amide bonds. The molecule has 0 aliphatic carbocycles. The van der Waals surface area contributed by atoms with Gasteiger partial charge in [0.15, 0.2) is 11.5 Å². The molecule has 0 saturated carbocycles. The van der Waals surface area contributed by atoms with E-state index in [2.05, 4.69) is 0 Å². The van der Waals surface area contributed by atoms with Crippen molar-refractivity contribution in [1.82, 2.24) is 0 Å². The van der Waals surface area contributed by atoms with Crippen LogP contribution in [0, 0.1) is 17.0 Å². The number of para-hydroxylation sites is 1. The molecule has 1 unspecified atom stereocenters. The highest BCUT2D eigenvalue weighted by molar-refractivity contribution is 6.12. The second-order valence-electron chi connectivity index (χ2n) is 5.37. The van der Waals surface area contributed by atoms with Crippen LogP contribution >= 0.6 is 0 Å². The Kier molecular flexibility index (Phi) is 4.08. The van der Waals surface area contributed by atoms with Crippen molar-refractivity contribution in [2.75, 3.05) is 13.2 Å². The summed E-state index contributed by atoms with van der Waals surface area (Å²) in [5.74, 6) is -0.312. The normalized spacial score (nSPS) is 16.0. The molecule has 2 aromatic carbocycles. The standard InChI is InChI=1S/C17H15NO5/c1-11-5-7-12(8-6-11)17(19)14-3-2-4-15(16(14)18(20)21)23-10-13-9-22-13/h2-8,13H,9-10H2,1H3. The highest BCUT2D eigenvalue weighted by Crippen LogP contribution is 2.33. The maximum Gasteiger partial charge on any atom is 0.322 e. The quantitative estimate of drug-likeness (QED) is 0.354. The number of carbonyl (C=O) groups is 1. The van der Waals surface area contributed by atoms with Crippen molar-refractivity contribution < 1.29 is 19.2 Å². The number of aryl methyl sites for hydroxylation is 1. The summed E-state index contributed by atoms with van der Waals surface area (Å²) in [5.41, 5.74) is 1.13. The molecule has 2 aromatic rings.